The van der Waals surface area contributed by atoms with Crippen LogP contribution in [-0.2, 0) is 4.79 Å². The average Bonchev–Trinajstić information content (AvgIpc) is 2.38. The van der Waals surface area contributed by atoms with Crippen LogP contribution >= 0.6 is 0 Å². The van der Waals surface area contributed by atoms with Crippen LogP contribution in [0.25, 0.3) is 0 Å². The summed E-state index contributed by atoms with van der Waals surface area (Å²) in [6.07, 6.45) is 3.04. The zero-order chi connectivity index (χ0) is 12.7. The summed E-state index contributed by atoms with van der Waals surface area (Å²) in [6, 6.07) is 9.39. The van der Waals surface area contributed by atoms with Crippen molar-refractivity contribution >= 4 is 5.78 Å². The van der Waals surface area contributed by atoms with Gasteiger partial charge in [0.25, 0.3) is 0 Å². The number of hydrogen-bond donors (Lipinski definition) is 1. The molecule has 1 aromatic carbocycles. The van der Waals surface area contributed by atoms with Crippen LogP contribution in [-0.4, -0.2) is 10.9 Å². The topological polar surface area (TPSA) is 37.3 Å². The molecule has 0 aliphatic rings. The summed E-state index contributed by atoms with van der Waals surface area (Å²) in [5, 5.41) is 10.1. The van der Waals surface area contributed by atoms with Gasteiger partial charge < -0.3 is 5.11 Å². The molecule has 0 fully saturated rings. The predicted molar refractivity (Wildman–Crippen MR) is 69.7 cm³/mol. The largest absolute Gasteiger partial charge is 0.388 e. The summed E-state index contributed by atoms with van der Waals surface area (Å²) in [6.45, 7) is 3.93. The van der Waals surface area contributed by atoms with Gasteiger partial charge in [0.15, 0.2) is 0 Å². The first kappa shape index (κ1) is 13.9. The molecule has 0 aliphatic carbocycles. The molecule has 0 aliphatic heterocycles. The second-order valence-electron chi connectivity index (χ2n) is 4.57. The monoisotopic (exact) mass is 234 g/mol. The molecule has 2 nitrogen and oxygen atoms in total. The smallest absolute Gasteiger partial charge is 0.138 e. The van der Waals surface area contributed by atoms with Gasteiger partial charge in [-0.15, -0.1) is 0 Å². The van der Waals surface area contributed by atoms with Gasteiger partial charge in [-0.05, 0) is 12.0 Å². The molecule has 2 atom stereocenters. The Balaban J connectivity index is 2.51. The van der Waals surface area contributed by atoms with Crippen LogP contribution in [0.2, 0.25) is 0 Å². The summed E-state index contributed by atoms with van der Waals surface area (Å²) in [5.41, 5.74) is 0.823. The molecule has 94 valence electrons. The SMILES string of the molecule is CCCCCC(=O)[C@@H](C)[C@H](O)c1ccccc1. The Bertz CT molecular complexity index is 332. The lowest BCUT2D eigenvalue weighted by Gasteiger charge is -2.18. The number of rotatable bonds is 7. The van der Waals surface area contributed by atoms with Crippen LogP contribution < -0.4 is 0 Å². The zero-order valence-electron chi connectivity index (χ0n) is 10.7. The lowest BCUT2D eigenvalue weighted by molar-refractivity contribution is -0.125. The predicted octanol–water partition coefficient (Wildman–Crippen LogP) is 3.51. The molecule has 1 N–H and O–H groups in total. The van der Waals surface area contributed by atoms with Crippen LogP contribution in [0.4, 0.5) is 0 Å². The Morgan fingerprint density at radius 3 is 2.47 bits per heavy atom. The Morgan fingerprint density at radius 1 is 1.24 bits per heavy atom. The molecular weight excluding hydrogens is 212 g/mol. The maximum atomic E-state index is 11.9. The van der Waals surface area contributed by atoms with Crippen LogP contribution in [0.15, 0.2) is 30.3 Å². The Morgan fingerprint density at radius 2 is 1.88 bits per heavy atom. The van der Waals surface area contributed by atoms with Gasteiger partial charge in [0.05, 0.1) is 6.10 Å². The highest BCUT2D eigenvalue weighted by Crippen LogP contribution is 2.23. The summed E-state index contributed by atoms with van der Waals surface area (Å²) in [7, 11) is 0. The number of aliphatic hydroxyl groups is 1. The van der Waals surface area contributed by atoms with Crippen molar-refractivity contribution in [2.24, 2.45) is 5.92 Å². The third-order valence-corrected chi connectivity index (χ3v) is 3.15. The van der Waals surface area contributed by atoms with Gasteiger partial charge in [-0.2, -0.15) is 0 Å². The van der Waals surface area contributed by atoms with E-state index >= 15 is 0 Å². The minimum Gasteiger partial charge on any atom is -0.388 e. The maximum Gasteiger partial charge on any atom is 0.138 e. The number of unbranched alkanes of at least 4 members (excludes halogenated alkanes) is 2. The van der Waals surface area contributed by atoms with Crippen molar-refractivity contribution < 1.29 is 9.90 Å². The van der Waals surface area contributed by atoms with Gasteiger partial charge in [-0.1, -0.05) is 57.0 Å². The van der Waals surface area contributed by atoms with Gasteiger partial charge >= 0.3 is 0 Å². The van der Waals surface area contributed by atoms with Gasteiger partial charge in [-0.3, -0.25) is 4.79 Å². The highest BCUT2D eigenvalue weighted by atomic mass is 16.3. The highest BCUT2D eigenvalue weighted by molar-refractivity contribution is 5.81. The highest BCUT2D eigenvalue weighted by Gasteiger charge is 2.22. The van der Waals surface area contributed by atoms with Crippen molar-refractivity contribution in [1.29, 1.82) is 0 Å². The standard InChI is InChI=1S/C15H22O2/c1-3-4-6-11-14(16)12(2)15(17)13-9-7-5-8-10-13/h5,7-10,12,15,17H,3-4,6,11H2,1-2H3/t12-,15+/m1/s1. The zero-order valence-corrected chi connectivity index (χ0v) is 10.7. The molecule has 17 heavy (non-hydrogen) atoms. The first-order chi connectivity index (χ1) is 8.16. The minimum atomic E-state index is -0.676. The third-order valence-electron chi connectivity index (χ3n) is 3.15. The molecule has 0 unspecified atom stereocenters. The molecule has 0 heterocycles. The van der Waals surface area contributed by atoms with Crippen LogP contribution in [0.1, 0.15) is 51.2 Å². The minimum absolute atomic E-state index is 0.162. The van der Waals surface area contributed by atoms with Gasteiger partial charge in [0, 0.05) is 12.3 Å². The molecule has 0 radical (unpaired) electrons. The second-order valence-corrected chi connectivity index (χ2v) is 4.57. The molecule has 0 saturated carbocycles. The number of Topliss-reactive ketones (excluding diaryl/α,β-unsaturated/α-hetero) is 1. The van der Waals surface area contributed by atoms with E-state index in [4.69, 9.17) is 0 Å². The van der Waals surface area contributed by atoms with E-state index in [0.717, 1.165) is 24.8 Å². The van der Waals surface area contributed by atoms with Crippen molar-refractivity contribution in [2.75, 3.05) is 0 Å². The Labute approximate surface area is 104 Å². The van der Waals surface area contributed by atoms with E-state index in [0.29, 0.717) is 6.42 Å². The third kappa shape index (κ3) is 4.31. The van der Waals surface area contributed by atoms with Crippen LogP contribution in [0.5, 0.6) is 0 Å². The number of benzene rings is 1. The van der Waals surface area contributed by atoms with E-state index in [2.05, 4.69) is 6.92 Å². The lowest BCUT2D eigenvalue weighted by Crippen LogP contribution is -2.19. The maximum absolute atomic E-state index is 11.9. The molecule has 1 rings (SSSR count). The van der Waals surface area contributed by atoms with Crippen molar-refractivity contribution in [3.8, 4) is 0 Å². The summed E-state index contributed by atoms with van der Waals surface area (Å²) in [5.74, 6) is -0.149. The summed E-state index contributed by atoms with van der Waals surface area (Å²) >= 11 is 0. The molecule has 2 heteroatoms. The fourth-order valence-electron chi connectivity index (χ4n) is 1.89. The Hall–Kier alpha value is -1.15. The fraction of sp³-hybridized carbons (Fsp3) is 0.533. The van der Waals surface area contributed by atoms with Gasteiger partial charge in [0.2, 0.25) is 0 Å². The van der Waals surface area contributed by atoms with E-state index < -0.39 is 6.10 Å². The molecule has 0 aromatic heterocycles. The van der Waals surface area contributed by atoms with E-state index in [1.165, 1.54) is 0 Å². The van der Waals surface area contributed by atoms with E-state index in [9.17, 15) is 9.90 Å². The first-order valence-corrected chi connectivity index (χ1v) is 6.42. The molecule has 0 spiro atoms. The average molecular weight is 234 g/mol. The fourth-order valence-corrected chi connectivity index (χ4v) is 1.89. The van der Waals surface area contributed by atoms with Crippen LogP contribution in [0.3, 0.4) is 0 Å². The molecule has 0 bridgehead atoms. The van der Waals surface area contributed by atoms with E-state index in [-0.39, 0.29) is 11.7 Å². The first-order valence-electron chi connectivity index (χ1n) is 6.42. The Kier molecular flexibility index (Phi) is 5.92. The summed E-state index contributed by atoms with van der Waals surface area (Å²) in [4.78, 5) is 11.9. The van der Waals surface area contributed by atoms with Gasteiger partial charge in [0.1, 0.15) is 5.78 Å². The molecule has 1 aromatic rings. The van der Waals surface area contributed by atoms with Crippen LogP contribution in [0, 0.1) is 5.92 Å². The number of ketones is 1. The molecular formula is C15H22O2. The number of hydrogen-bond acceptors (Lipinski definition) is 2. The van der Waals surface area contributed by atoms with Gasteiger partial charge in [-0.25, -0.2) is 0 Å². The number of carbonyl (C=O) groups is 1. The molecule has 0 amide bonds. The van der Waals surface area contributed by atoms with Crippen molar-refractivity contribution in [1.82, 2.24) is 0 Å². The number of carbonyl (C=O) groups excluding carboxylic acids is 1. The summed E-state index contributed by atoms with van der Waals surface area (Å²) < 4.78 is 0. The molecule has 0 saturated heterocycles. The van der Waals surface area contributed by atoms with Crippen molar-refractivity contribution in [3.05, 3.63) is 35.9 Å². The normalized spacial score (nSPS) is 14.3. The van der Waals surface area contributed by atoms with Crippen molar-refractivity contribution in [2.45, 2.75) is 45.6 Å². The van der Waals surface area contributed by atoms with Crippen molar-refractivity contribution in [3.63, 3.8) is 0 Å². The quantitative estimate of drug-likeness (QED) is 0.733. The number of aliphatic hydroxyl groups excluding tert-OH is 1. The lowest BCUT2D eigenvalue weighted by atomic mass is 9.91. The van der Waals surface area contributed by atoms with E-state index in [1.54, 1.807) is 0 Å². The van der Waals surface area contributed by atoms with E-state index in [1.807, 2.05) is 37.3 Å². The second kappa shape index (κ2) is 7.23.